The number of aliphatic imine (C=N–C) groups is 1. The minimum atomic E-state index is 0.483. The molecule has 0 radical (unpaired) electrons. The number of rotatable bonds is 6. The lowest BCUT2D eigenvalue weighted by Crippen LogP contribution is -1.95. The van der Waals surface area contributed by atoms with Gasteiger partial charge in [-0.1, -0.05) is 58.5 Å². The monoisotopic (exact) mass is 255 g/mol. The van der Waals surface area contributed by atoms with Gasteiger partial charge in [-0.2, -0.15) is 0 Å². The lowest BCUT2D eigenvalue weighted by Gasteiger charge is -2.08. The highest BCUT2D eigenvalue weighted by Crippen LogP contribution is 2.17. The molecule has 1 nitrogen and oxygen atoms in total. The Balaban J connectivity index is 2.87. The first-order chi connectivity index (χ1) is 9.02. The average molecular weight is 255 g/mol. The maximum atomic E-state index is 4.27. The van der Waals surface area contributed by atoms with Crippen LogP contribution in [0, 0.1) is 11.8 Å². The van der Waals surface area contributed by atoms with E-state index >= 15 is 0 Å². The summed E-state index contributed by atoms with van der Waals surface area (Å²) >= 11 is 0. The van der Waals surface area contributed by atoms with Crippen LogP contribution in [0.5, 0.6) is 0 Å². The third kappa shape index (κ3) is 5.69. The molecule has 0 atom stereocenters. The zero-order valence-electron chi connectivity index (χ0n) is 12.6. The van der Waals surface area contributed by atoms with Crippen LogP contribution in [0.2, 0.25) is 0 Å². The van der Waals surface area contributed by atoms with Crippen molar-refractivity contribution in [1.29, 1.82) is 0 Å². The smallest absolute Gasteiger partial charge is 0.0270 e. The number of nitrogens with zero attached hydrogens (tertiary/aromatic N) is 1. The van der Waals surface area contributed by atoms with Crippen molar-refractivity contribution in [3.05, 3.63) is 47.7 Å². The molecule has 0 N–H and O–H groups in total. The third-order valence-electron chi connectivity index (χ3n) is 2.74. The molecular formula is C18H25N. The summed E-state index contributed by atoms with van der Waals surface area (Å²) in [5, 5.41) is 0. The third-order valence-corrected chi connectivity index (χ3v) is 2.74. The fourth-order valence-corrected chi connectivity index (χ4v) is 1.90. The SMILES string of the molecule is C=Cc1cc(CC(C)C)ccc1/C=C\N=C\C(C)C. The van der Waals surface area contributed by atoms with Crippen LogP contribution in [0.3, 0.4) is 0 Å². The molecule has 1 aromatic rings. The first-order valence-electron chi connectivity index (χ1n) is 6.98. The molecule has 0 amide bonds. The van der Waals surface area contributed by atoms with Gasteiger partial charge in [-0.25, -0.2) is 0 Å². The molecule has 0 heterocycles. The Kier molecular flexibility index (Phi) is 6.27. The fourth-order valence-electron chi connectivity index (χ4n) is 1.90. The highest BCUT2D eigenvalue weighted by molar-refractivity contribution is 5.67. The lowest BCUT2D eigenvalue weighted by atomic mass is 9.98. The Bertz CT molecular complexity index is 465. The van der Waals surface area contributed by atoms with Crippen molar-refractivity contribution < 1.29 is 0 Å². The van der Waals surface area contributed by atoms with E-state index in [-0.39, 0.29) is 0 Å². The molecule has 0 aromatic heterocycles. The Morgan fingerprint density at radius 1 is 1.16 bits per heavy atom. The zero-order valence-corrected chi connectivity index (χ0v) is 12.6. The maximum Gasteiger partial charge on any atom is 0.0270 e. The van der Waals surface area contributed by atoms with Crippen LogP contribution in [0.4, 0.5) is 0 Å². The van der Waals surface area contributed by atoms with Gasteiger partial charge >= 0.3 is 0 Å². The molecule has 1 rings (SSSR count). The molecule has 19 heavy (non-hydrogen) atoms. The van der Waals surface area contributed by atoms with E-state index < -0.39 is 0 Å². The quantitative estimate of drug-likeness (QED) is 0.617. The van der Waals surface area contributed by atoms with E-state index in [2.05, 4.69) is 57.5 Å². The van der Waals surface area contributed by atoms with E-state index in [1.807, 2.05) is 24.6 Å². The summed E-state index contributed by atoms with van der Waals surface area (Å²) in [4.78, 5) is 4.27. The van der Waals surface area contributed by atoms with Crippen molar-refractivity contribution in [2.45, 2.75) is 34.1 Å². The molecule has 102 valence electrons. The molecule has 0 aliphatic heterocycles. The Morgan fingerprint density at radius 3 is 2.47 bits per heavy atom. The van der Waals surface area contributed by atoms with Crippen LogP contribution in [0.1, 0.15) is 44.4 Å². The molecule has 0 unspecified atom stereocenters. The van der Waals surface area contributed by atoms with Gasteiger partial charge in [0.05, 0.1) is 0 Å². The Hall–Kier alpha value is -1.63. The topological polar surface area (TPSA) is 12.4 Å². The molecular weight excluding hydrogens is 230 g/mol. The van der Waals surface area contributed by atoms with Gasteiger partial charge in [0.1, 0.15) is 0 Å². The van der Waals surface area contributed by atoms with Gasteiger partial charge in [-0.3, -0.25) is 4.99 Å². The van der Waals surface area contributed by atoms with E-state index in [4.69, 9.17) is 0 Å². The first-order valence-corrected chi connectivity index (χ1v) is 6.98. The van der Waals surface area contributed by atoms with Crippen molar-refractivity contribution in [2.75, 3.05) is 0 Å². The Labute approximate surface area is 117 Å². The van der Waals surface area contributed by atoms with Crippen LogP contribution in [-0.4, -0.2) is 6.21 Å². The standard InChI is InChI=1S/C18H25N/c1-6-17-12-16(11-14(2)3)7-8-18(17)9-10-19-13-15(4)5/h6-10,12-15H,1,11H2,2-5H3/b10-9-,19-13+. The van der Waals surface area contributed by atoms with Gasteiger partial charge in [-0.05, 0) is 41.0 Å². The van der Waals surface area contributed by atoms with Gasteiger partial charge in [-0.15, -0.1) is 0 Å². The predicted octanol–water partition coefficient (Wildman–Crippen LogP) is 5.23. The van der Waals surface area contributed by atoms with Crippen molar-refractivity contribution >= 4 is 18.4 Å². The summed E-state index contributed by atoms with van der Waals surface area (Å²) in [7, 11) is 0. The highest BCUT2D eigenvalue weighted by Gasteiger charge is 2.01. The van der Waals surface area contributed by atoms with Crippen molar-refractivity contribution in [3.63, 3.8) is 0 Å². The summed E-state index contributed by atoms with van der Waals surface area (Å²) in [5.41, 5.74) is 3.71. The molecule has 0 saturated carbocycles. The molecule has 1 aromatic carbocycles. The average Bonchev–Trinajstić information content (AvgIpc) is 2.34. The van der Waals surface area contributed by atoms with E-state index in [1.165, 1.54) is 16.7 Å². The van der Waals surface area contributed by atoms with Crippen LogP contribution in [-0.2, 0) is 6.42 Å². The second-order valence-electron chi connectivity index (χ2n) is 5.62. The molecule has 0 spiro atoms. The van der Waals surface area contributed by atoms with E-state index in [0.29, 0.717) is 11.8 Å². The number of hydrogen-bond acceptors (Lipinski definition) is 1. The molecule has 0 aliphatic carbocycles. The first kappa shape index (κ1) is 15.4. The van der Waals surface area contributed by atoms with Crippen LogP contribution in [0.15, 0.2) is 36.0 Å². The van der Waals surface area contributed by atoms with Gasteiger partial charge in [0.2, 0.25) is 0 Å². The van der Waals surface area contributed by atoms with Crippen LogP contribution >= 0.6 is 0 Å². The minimum Gasteiger partial charge on any atom is -0.269 e. The van der Waals surface area contributed by atoms with Gasteiger partial charge in [0, 0.05) is 12.4 Å². The van der Waals surface area contributed by atoms with Crippen LogP contribution in [0.25, 0.3) is 12.2 Å². The summed E-state index contributed by atoms with van der Waals surface area (Å²) < 4.78 is 0. The summed E-state index contributed by atoms with van der Waals surface area (Å²) in [6, 6.07) is 6.56. The largest absolute Gasteiger partial charge is 0.269 e. The molecule has 1 heteroatoms. The summed E-state index contributed by atoms with van der Waals surface area (Å²) in [6.07, 6.45) is 8.85. The van der Waals surface area contributed by atoms with Crippen molar-refractivity contribution in [2.24, 2.45) is 16.8 Å². The van der Waals surface area contributed by atoms with Gasteiger partial charge in [0.15, 0.2) is 0 Å². The molecule has 0 fully saturated rings. The highest BCUT2D eigenvalue weighted by atomic mass is 14.7. The van der Waals surface area contributed by atoms with E-state index in [1.54, 1.807) is 0 Å². The van der Waals surface area contributed by atoms with Crippen molar-refractivity contribution in [1.82, 2.24) is 0 Å². The summed E-state index contributed by atoms with van der Waals surface area (Å²) in [6.45, 7) is 12.6. The predicted molar refractivity (Wildman–Crippen MR) is 87.4 cm³/mol. The maximum absolute atomic E-state index is 4.27. The zero-order chi connectivity index (χ0) is 14.3. The minimum absolute atomic E-state index is 0.483. The normalized spacial score (nSPS) is 12.1. The van der Waals surface area contributed by atoms with Crippen LogP contribution < -0.4 is 0 Å². The molecule has 0 bridgehead atoms. The second kappa shape index (κ2) is 7.73. The number of hydrogen-bond donors (Lipinski definition) is 0. The van der Waals surface area contributed by atoms with Gasteiger partial charge in [0.25, 0.3) is 0 Å². The fraction of sp³-hybridized carbons (Fsp3) is 0.389. The van der Waals surface area contributed by atoms with E-state index in [0.717, 1.165) is 6.42 Å². The number of benzene rings is 1. The Morgan fingerprint density at radius 2 is 1.89 bits per heavy atom. The second-order valence-corrected chi connectivity index (χ2v) is 5.62. The van der Waals surface area contributed by atoms with Gasteiger partial charge < -0.3 is 0 Å². The lowest BCUT2D eigenvalue weighted by molar-refractivity contribution is 0.647. The van der Waals surface area contributed by atoms with Crippen molar-refractivity contribution in [3.8, 4) is 0 Å². The molecule has 0 saturated heterocycles. The molecule has 0 aliphatic rings. The summed E-state index contributed by atoms with van der Waals surface area (Å²) in [5.74, 6) is 1.16. The van der Waals surface area contributed by atoms with E-state index in [9.17, 15) is 0 Å².